The largest absolute Gasteiger partial charge is 0.328 e. The van der Waals surface area contributed by atoms with Gasteiger partial charge >= 0.3 is 0 Å². The van der Waals surface area contributed by atoms with Crippen LogP contribution in [-0.4, -0.2) is 30.1 Å². The first-order valence-corrected chi connectivity index (χ1v) is 6.23. The first-order chi connectivity index (χ1) is 8.16. The molecule has 1 atom stereocenters. The third-order valence-corrected chi connectivity index (χ3v) is 3.01. The number of benzene rings is 1. The zero-order chi connectivity index (χ0) is 12.3. The fourth-order valence-electron chi connectivity index (χ4n) is 2.21. The van der Waals surface area contributed by atoms with Crippen molar-refractivity contribution in [3.05, 3.63) is 35.9 Å². The maximum atomic E-state index is 12.1. The van der Waals surface area contributed by atoms with Gasteiger partial charge in [-0.3, -0.25) is 10.1 Å². The topological polar surface area (TPSA) is 32.3 Å². The molecule has 3 nitrogen and oxygen atoms in total. The molecule has 1 fully saturated rings. The van der Waals surface area contributed by atoms with Crippen LogP contribution in [0.3, 0.4) is 0 Å². The zero-order valence-corrected chi connectivity index (χ0v) is 10.5. The predicted molar refractivity (Wildman–Crippen MR) is 68.5 cm³/mol. The lowest BCUT2D eigenvalue weighted by atomic mass is 10.1. The average molecular weight is 232 g/mol. The van der Waals surface area contributed by atoms with E-state index >= 15 is 0 Å². The van der Waals surface area contributed by atoms with Crippen molar-refractivity contribution in [3.63, 3.8) is 0 Å². The average Bonchev–Trinajstić information content (AvgIpc) is 2.62. The first kappa shape index (κ1) is 12.1. The van der Waals surface area contributed by atoms with E-state index in [1.54, 1.807) is 0 Å². The van der Waals surface area contributed by atoms with Crippen LogP contribution >= 0.6 is 0 Å². The van der Waals surface area contributed by atoms with Gasteiger partial charge in [0.1, 0.15) is 0 Å². The maximum absolute atomic E-state index is 12.1. The fraction of sp³-hybridized carbons (Fsp3) is 0.500. The Kier molecular flexibility index (Phi) is 3.79. The van der Waals surface area contributed by atoms with Crippen LogP contribution in [0.15, 0.2) is 30.3 Å². The maximum Gasteiger partial charge on any atom is 0.241 e. The van der Waals surface area contributed by atoms with Gasteiger partial charge in [-0.2, -0.15) is 0 Å². The Morgan fingerprint density at radius 1 is 1.35 bits per heavy atom. The quantitative estimate of drug-likeness (QED) is 0.856. The lowest BCUT2D eigenvalue weighted by Gasteiger charge is -2.17. The van der Waals surface area contributed by atoms with Crippen LogP contribution < -0.4 is 5.32 Å². The fourth-order valence-corrected chi connectivity index (χ4v) is 2.21. The monoisotopic (exact) mass is 232 g/mol. The van der Waals surface area contributed by atoms with Gasteiger partial charge in [0, 0.05) is 6.54 Å². The SMILES string of the molecule is CC(C)CN1CNC(Cc2ccccc2)C1=O. The summed E-state index contributed by atoms with van der Waals surface area (Å²) in [7, 11) is 0. The molecule has 0 aromatic heterocycles. The first-order valence-electron chi connectivity index (χ1n) is 6.23. The second-order valence-electron chi connectivity index (χ2n) is 5.06. The van der Waals surface area contributed by atoms with E-state index < -0.39 is 0 Å². The van der Waals surface area contributed by atoms with Crippen molar-refractivity contribution in [1.82, 2.24) is 10.2 Å². The van der Waals surface area contributed by atoms with E-state index in [4.69, 9.17) is 0 Å². The molecule has 1 aromatic carbocycles. The minimum Gasteiger partial charge on any atom is -0.328 e. The molecule has 1 aliphatic heterocycles. The van der Waals surface area contributed by atoms with Crippen LogP contribution in [-0.2, 0) is 11.2 Å². The highest BCUT2D eigenvalue weighted by molar-refractivity contribution is 5.84. The summed E-state index contributed by atoms with van der Waals surface area (Å²) in [5.41, 5.74) is 1.21. The number of carbonyl (C=O) groups excluding carboxylic acids is 1. The van der Waals surface area contributed by atoms with E-state index in [1.807, 2.05) is 23.1 Å². The van der Waals surface area contributed by atoms with Gasteiger partial charge in [-0.25, -0.2) is 0 Å². The van der Waals surface area contributed by atoms with Crippen LogP contribution in [0.1, 0.15) is 19.4 Å². The highest BCUT2D eigenvalue weighted by Crippen LogP contribution is 2.11. The van der Waals surface area contributed by atoms with Crippen molar-refractivity contribution in [1.29, 1.82) is 0 Å². The van der Waals surface area contributed by atoms with E-state index in [1.165, 1.54) is 5.56 Å². The molecule has 17 heavy (non-hydrogen) atoms. The van der Waals surface area contributed by atoms with E-state index in [2.05, 4.69) is 31.3 Å². The molecule has 92 valence electrons. The summed E-state index contributed by atoms with van der Waals surface area (Å²) in [5, 5.41) is 3.29. The molecular weight excluding hydrogens is 212 g/mol. The second-order valence-corrected chi connectivity index (χ2v) is 5.06. The van der Waals surface area contributed by atoms with Crippen molar-refractivity contribution in [2.75, 3.05) is 13.2 Å². The molecule has 1 heterocycles. The molecule has 2 rings (SSSR count). The number of hydrogen-bond donors (Lipinski definition) is 1. The molecule has 0 spiro atoms. The van der Waals surface area contributed by atoms with Gasteiger partial charge in [-0.15, -0.1) is 0 Å². The summed E-state index contributed by atoms with van der Waals surface area (Å²) in [6.45, 7) is 5.81. The normalized spacial score (nSPS) is 20.3. The Labute approximate surface area is 103 Å². The summed E-state index contributed by atoms with van der Waals surface area (Å²) in [6, 6.07) is 10.1. The van der Waals surface area contributed by atoms with Crippen LogP contribution in [0.25, 0.3) is 0 Å². The summed E-state index contributed by atoms with van der Waals surface area (Å²) in [5.74, 6) is 0.763. The molecule has 1 saturated heterocycles. The molecule has 1 N–H and O–H groups in total. The van der Waals surface area contributed by atoms with Gasteiger partial charge in [-0.05, 0) is 17.9 Å². The summed E-state index contributed by atoms with van der Waals surface area (Å²) >= 11 is 0. The van der Waals surface area contributed by atoms with Gasteiger partial charge < -0.3 is 4.90 Å². The minimum absolute atomic E-state index is 0.0452. The predicted octanol–water partition coefficient (Wildman–Crippen LogP) is 1.64. The second kappa shape index (κ2) is 5.32. The molecule has 1 amide bonds. The van der Waals surface area contributed by atoms with Crippen molar-refractivity contribution >= 4 is 5.91 Å². The molecule has 0 aliphatic carbocycles. The number of rotatable bonds is 4. The molecule has 0 radical (unpaired) electrons. The minimum atomic E-state index is -0.0452. The van der Waals surface area contributed by atoms with Crippen molar-refractivity contribution in [2.24, 2.45) is 5.92 Å². The summed E-state index contributed by atoms with van der Waals surface area (Å²) in [6.07, 6.45) is 0.786. The van der Waals surface area contributed by atoms with Crippen molar-refractivity contribution in [3.8, 4) is 0 Å². The van der Waals surface area contributed by atoms with Gasteiger partial charge in [0.2, 0.25) is 5.91 Å². The van der Waals surface area contributed by atoms with E-state index in [0.717, 1.165) is 13.0 Å². The van der Waals surface area contributed by atoms with Crippen LogP contribution in [0.5, 0.6) is 0 Å². The van der Waals surface area contributed by atoms with Gasteiger partial charge in [0.05, 0.1) is 12.7 Å². The lowest BCUT2D eigenvalue weighted by molar-refractivity contribution is -0.129. The smallest absolute Gasteiger partial charge is 0.241 e. The van der Waals surface area contributed by atoms with Crippen LogP contribution in [0, 0.1) is 5.92 Å². The number of amides is 1. The lowest BCUT2D eigenvalue weighted by Crippen LogP contribution is -2.34. The van der Waals surface area contributed by atoms with Crippen LogP contribution in [0.2, 0.25) is 0 Å². The van der Waals surface area contributed by atoms with Crippen LogP contribution in [0.4, 0.5) is 0 Å². The Balaban J connectivity index is 1.94. The van der Waals surface area contributed by atoms with E-state index in [9.17, 15) is 4.79 Å². The third kappa shape index (κ3) is 3.07. The van der Waals surface area contributed by atoms with Crippen molar-refractivity contribution < 1.29 is 4.79 Å². The molecular formula is C14H20N2O. The number of nitrogens with zero attached hydrogens (tertiary/aromatic N) is 1. The molecule has 0 saturated carbocycles. The third-order valence-electron chi connectivity index (χ3n) is 3.01. The Morgan fingerprint density at radius 2 is 2.06 bits per heavy atom. The standard InChI is InChI=1S/C14H20N2O/c1-11(2)9-16-10-15-13(14(16)17)8-12-6-4-3-5-7-12/h3-7,11,13,15H,8-10H2,1-2H3. The summed E-state index contributed by atoms with van der Waals surface area (Å²) < 4.78 is 0. The van der Waals surface area contributed by atoms with E-state index in [-0.39, 0.29) is 11.9 Å². The highest BCUT2D eigenvalue weighted by Gasteiger charge is 2.30. The number of nitrogens with one attached hydrogen (secondary N) is 1. The van der Waals surface area contributed by atoms with Gasteiger partial charge in [-0.1, -0.05) is 44.2 Å². The number of carbonyl (C=O) groups is 1. The molecule has 1 aliphatic rings. The summed E-state index contributed by atoms with van der Waals surface area (Å²) in [4.78, 5) is 14.0. The Bertz CT molecular complexity index is 375. The Hall–Kier alpha value is -1.35. The molecule has 3 heteroatoms. The zero-order valence-electron chi connectivity index (χ0n) is 10.5. The van der Waals surface area contributed by atoms with E-state index in [0.29, 0.717) is 12.6 Å². The molecule has 0 bridgehead atoms. The highest BCUT2D eigenvalue weighted by atomic mass is 16.2. The Morgan fingerprint density at radius 3 is 2.71 bits per heavy atom. The van der Waals surface area contributed by atoms with Crippen molar-refractivity contribution in [2.45, 2.75) is 26.3 Å². The van der Waals surface area contributed by atoms with Gasteiger partial charge in [0.25, 0.3) is 0 Å². The molecule has 1 aromatic rings. The van der Waals surface area contributed by atoms with Gasteiger partial charge in [0.15, 0.2) is 0 Å². The molecule has 1 unspecified atom stereocenters. The number of hydrogen-bond acceptors (Lipinski definition) is 2.